The summed E-state index contributed by atoms with van der Waals surface area (Å²) < 4.78 is 5.37. The van der Waals surface area contributed by atoms with Crippen molar-refractivity contribution in [1.29, 1.82) is 0 Å². The quantitative estimate of drug-likeness (QED) is 0.678. The van der Waals surface area contributed by atoms with Gasteiger partial charge in [-0.3, -0.25) is 9.78 Å². The second kappa shape index (κ2) is 9.19. The van der Waals surface area contributed by atoms with Gasteiger partial charge in [0.1, 0.15) is 0 Å². The van der Waals surface area contributed by atoms with Crippen molar-refractivity contribution in [2.75, 3.05) is 31.2 Å². The molecule has 3 heterocycles. The first-order valence-corrected chi connectivity index (χ1v) is 10.1. The maximum atomic E-state index is 13.2. The number of aryl methyl sites for hydroxylation is 1. The van der Waals surface area contributed by atoms with Crippen LogP contribution in [0.5, 0.6) is 0 Å². The van der Waals surface area contributed by atoms with E-state index in [-0.39, 0.29) is 16.6 Å². The Morgan fingerprint density at radius 1 is 1.13 bits per heavy atom. The lowest BCUT2D eigenvalue weighted by Gasteiger charge is -2.27. The first-order chi connectivity index (χ1) is 14.6. The maximum absolute atomic E-state index is 13.2. The van der Waals surface area contributed by atoms with E-state index in [0.717, 1.165) is 16.8 Å². The zero-order valence-corrected chi connectivity index (χ0v) is 17.3. The van der Waals surface area contributed by atoms with Crippen LogP contribution in [0.1, 0.15) is 33.4 Å². The molecule has 8 heteroatoms. The molecule has 0 bridgehead atoms. The van der Waals surface area contributed by atoms with Gasteiger partial charge < -0.3 is 15.0 Å². The molecular weight excluding hydrogens is 402 g/mol. The van der Waals surface area contributed by atoms with Crippen molar-refractivity contribution in [1.82, 2.24) is 20.3 Å². The number of halogens is 1. The lowest BCUT2D eigenvalue weighted by molar-refractivity contribution is 0.0937. The van der Waals surface area contributed by atoms with Crippen LogP contribution in [0.2, 0.25) is 5.02 Å². The zero-order chi connectivity index (χ0) is 20.9. The van der Waals surface area contributed by atoms with Gasteiger partial charge in [-0.25, -0.2) is 9.97 Å². The number of nitrogens with one attached hydrogen (secondary N) is 1. The summed E-state index contributed by atoms with van der Waals surface area (Å²) >= 11 is 6.28. The molecule has 2 aromatic heterocycles. The van der Waals surface area contributed by atoms with E-state index in [4.69, 9.17) is 16.3 Å². The molecule has 0 spiro atoms. The topological polar surface area (TPSA) is 80.2 Å². The molecule has 7 nitrogen and oxygen atoms in total. The van der Waals surface area contributed by atoms with Gasteiger partial charge in [-0.1, -0.05) is 47.5 Å². The smallest absolute Gasteiger partial charge is 0.272 e. The van der Waals surface area contributed by atoms with Gasteiger partial charge in [0.05, 0.1) is 36.2 Å². The highest BCUT2D eigenvalue weighted by atomic mass is 35.5. The highest BCUT2D eigenvalue weighted by Crippen LogP contribution is 2.23. The standard InChI is InChI=1S/C22H22ClN5O2/c1-15-5-7-16(8-6-15)19(18-4-2-3-9-24-18)26-21(29)20-17(23)14-25-22(27-20)28-10-12-30-13-11-28/h2-9,14,19H,10-13H2,1H3,(H,26,29). The number of ether oxygens (including phenoxy) is 1. The van der Waals surface area contributed by atoms with E-state index in [1.165, 1.54) is 6.20 Å². The van der Waals surface area contributed by atoms with Crippen LogP contribution >= 0.6 is 11.6 Å². The lowest BCUT2D eigenvalue weighted by Crippen LogP contribution is -2.38. The van der Waals surface area contributed by atoms with E-state index in [9.17, 15) is 4.79 Å². The van der Waals surface area contributed by atoms with Gasteiger partial charge in [-0.05, 0) is 24.6 Å². The largest absolute Gasteiger partial charge is 0.378 e. The number of hydrogen-bond acceptors (Lipinski definition) is 6. The van der Waals surface area contributed by atoms with E-state index < -0.39 is 6.04 Å². The highest BCUT2D eigenvalue weighted by molar-refractivity contribution is 6.33. The molecular formula is C22H22ClN5O2. The summed E-state index contributed by atoms with van der Waals surface area (Å²) in [5.74, 6) is 0.0886. The Labute approximate surface area is 180 Å². The molecule has 1 aliphatic rings. The average molecular weight is 424 g/mol. The minimum atomic E-state index is -0.433. The molecule has 30 heavy (non-hydrogen) atoms. The molecule has 0 aliphatic carbocycles. The Hall–Kier alpha value is -3.03. The van der Waals surface area contributed by atoms with Gasteiger partial charge in [-0.15, -0.1) is 0 Å². The third kappa shape index (κ3) is 4.58. The van der Waals surface area contributed by atoms with E-state index in [1.54, 1.807) is 6.20 Å². The van der Waals surface area contributed by atoms with Gasteiger partial charge in [0.2, 0.25) is 5.95 Å². The minimum absolute atomic E-state index is 0.140. The molecule has 1 amide bonds. The Kier molecular flexibility index (Phi) is 6.21. The van der Waals surface area contributed by atoms with E-state index in [2.05, 4.69) is 20.3 Å². The molecule has 3 aromatic rings. The van der Waals surface area contributed by atoms with Gasteiger partial charge in [0.15, 0.2) is 5.69 Å². The molecule has 0 radical (unpaired) electrons. The third-order valence-corrected chi connectivity index (χ3v) is 5.19. The van der Waals surface area contributed by atoms with Crippen molar-refractivity contribution in [3.63, 3.8) is 0 Å². The molecule has 1 atom stereocenters. The Bertz CT molecular complexity index is 1010. The van der Waals surface area contributed by atoms with Gasteiger partial charge in [0, 0.05) is 19.3 Å². The van der Waals surface area contributed by atoms with Crippen molar-refractivity contribution in [3.05, 3.63) is 82.4 Å². The number of morpholine rings is 1. The van der Waals surface area contributed by atoms with Crippen LogP contribution in [0.25, 0.3) is 0 Å². The summed E-state index contributed by atoms with van der Waals surface area (Å²) in [5.41, 5.74) is 2.93. The summed E-state index contributed by atoms with van der Waals surface area (Å²) in [5, 5.41) is 3.24. The predicted octanol–water partition coefficient (Wildman–Crippen LogP) is 3.19. The molecule has 1 aromatic carbocycles. The first kappa shape index (κ1) is 20.3. The number of pyridine rings is 1. The molecule has 154 valence electrons. The Morgan fingerprint density at radius 3 is 2.60 bits per heavy atom. The number of carbonyl (C=O) groups is 1. The van der Waals surface area contributed by atoms with Crippen molar-refractivity contribution in [2.24, 2.45) is 0 Å². The van der Waals surface area contributed by atoms with Gasteiger partial charge in [0.25, 0.3) is 5.91 Å². The molecule has 1 fully saturated rings. The fraction of sp³-hybridized carbons (Fsp3) is 0.273. The number of carbonyl (C=O) groups excluding carboxylic acids is 1. The van der Waals surface area contributed by atoms with Crippen LogP contribution in [0, 0.1) is 6.92 Å². The maximum Gasteiger partial charge on any atom is 0.272 e. The van der Waals surface area contributed by atoms with Crippen molar-refractivity contribution in [2.45, 2.75) is 13.0 Å². The number of rotatable bonds is 5. The molecule has 4 rings (SSSR count). The Balaban J connectivity index is 1.63. The van der Waals surface area contributed by atoms with Crippen molar-refractivity contribution >= 4 is 23.5 Å². The molecule has 1 N–H and O–H groups in total. The highest BCUT2D eigenvalue weighted by Gasteiger charge is 2.23. The fourth-order valence-electron chi connectivity index (χ4n) is 3.27. The van der Waals surface area contributed by atoms with E-state index >= 15 is 0 Å². The van der Waals surface area contributed by atoms with Crippen LogP contribution in [-0.4, -0.2) is 47.2 Å². The second-order valence-corrected chi connectivity index (χ2v) is 7.44. The zero-order valence-electron chi connectivity index (χ0n) is 16.6. The van der Waals surface area contributed by atoms with Crippen LogP contribution in [0.15, 0.2) is 54.9 Å². The SMILES string of the molecule is Cc1ccc(C(NC(=O)c2nc(N3CCOCC3)ncc2Cl)c2ccccn2)cc1. The first-order valence-electron chi connectivity index (χ1n) is 9.75. The lowest BCUT2D eigenvalue weighted by atomic mass is 10.0. The van der Waals surface area contributed by atoms with Crippen LogP contribution < -0.4 is 10.2 Å². The summed E-state index contributed by atoms with van der Waals surface area (Å²) in [6.07, 6.45) is 3.17. The predicted molar refractivity (Wildman–Crippen MR) is 115 cm³/mol. The van der Waals surface area contributed by atoms with E-state index in [0.29, 0.717) is 32.3 Å². The van der Waals surface area contributed by atoms with Crippen LogP contribution in [0.4, 0.5) is 5.95 Å². The van der Waals surface area contributed by atoms with E-state index in [1.807, 2.05) is 54.3 Å². The molecule has 1 unspecified atom stereocenters. The molecule has 1 aliphatic heterocycles. The van der Waals surface area contributed by atoms with Crippen molar-refractivity contribution < 1.29 is 9.53 Å². The van der Waals surface area contributed by atoms with Crippen LogP contribution in [0.3, 0.4) is 0 Å². The number of hydrogen-bond donors (Lipinski definition) is 1. The number of amides is 1. The fourth-order valence-corrected chi connectivity index (χ4v) is 3.44. The summed E-state index contributed by atoms with van der Waals surface area (Å²) in [7, 11) is 0. The summed E-state index contributed by atoms with van der Waals surface area (Å²) in [6, 6.07) is 13.2. The summed E-state index contributed by atoms with van der Waals surface area (Å²) in [4.78, 5) is 28.3. The van der Waals surface area contributed by atoms with Gasteiger partial charge in [-0.2, -0.15) is 0 Å². The summed E-state index contributed by atoms with van der Waals surface area (Å²) in [6.45, 7) is 4.56. The van der Waals surface area contributed by atoms with Crippen LogP contribution in [-0.2, 0) is 4.74 Å². The third-order valence-electron chi connectivity index (χ3n) is 4.91. The number of benzene rings is 1. The number of anilines is 1. The second-order valence-electron chi connectivity index (χ2n) is 7.04. The average Bonchev–Trinajstić information content (AvgIpc) is 2.79. The van der Waals surface area contributed by atoms with Gasteiger partial charge >= 0.3 is 0 Å². The molecule has 1 saturated heterocycles. The number of aromatic nitrogens is 3. The number of nitrogens with zero attached hydrogens (tertiary/aromatic N) is 4. The Morgan fingerprint density at radius 2 is 1.90 bits per heavy atom. The monoisotopic (exact) mass is 423 g/mol. The molecule has 0 saturated carbocycles. The van der Waals surface area contributed by atoms with Crippen molar-refractivity contribution in [3.8, 4) is 0 Å². The normalized spacial score (nSPS) is 14.9. The minimum Gasteiger partial charge on any atom is -0.378 e.